The molecule has 4 heteroatoms. The van der Waals surface area contributed by atoms with Gasteiger partial charge in [-0.2, -0.15) is 0 Å². The van der Waals surface area contributed by atoms with Gasteiger partial charge in [0, 0.05) is 19.0 Å². The van der Waals surface area contributed by atoms with Gasteiger partial charge in [-0.15, -0.1) is 0 Å². The second-order valence-corrected chi connectivity index (χ2v) is 6.46. The summed E-state index contributed by atoms with van der Waals surface area (Å²) in [4.78, 5) is 18.7. The molecule has 2 heterocycles. The van der Waals surface area contributed by atoms with Crippen LogP contribution in [0.15, 0.2) is 42.6 Å². The zero-order chi connectivity index (χ0) is 15.6. The van der Waals surface area contributed by atoms with Crippen molar-refractivity contribution in [1.82, 2.24) is 4.98 Å². The van der Waals surface area contributed by atoms with E-state index in [1.165, 1.54) is 17.5 Å². The smallest absolute Gasteiger partial charge is 0.228 e. The fraction of sp³-hybridized carbons (Fsp3) is 0.368. The Morgan fingerprint density at radius 3 is 2.65 bits per heavy atom. The summed E-state index contributed by atoms with van der Waals surface area (Å²) in [6, 6.07) is 12.6. The summed E-state index contributed by atoms with van der Waals surface area (Å²) in [6.45, 7) is 1.93. The van der Waals surface area contributed by atoms with Crippen molar-refractivity contribution in [2.75, 3.05) is 16.8 Å². The van der Waals surface area contributed by atoms with Crippen molar-refractivity contribution in [3.63, 3.8) is 0 Å². The van der Waals surface area contributed by atoms with Crippen molar-refractivity contribution in [3.05, 3.63) is 53.7 Å². The minimum atomic E-state index is 0.114. The molecule has 1 aromatic carbocycles. The number of anilines is 2. The van der Waals surface area contributed by atoms with E-state index in [1.54, 1.807) is 0 Å². The highest BCUT2D eigenvalue weighted by molar-refractivity contribution is 5.92. The molecule has 0 spiro atoms. The van der Waals surface area contributed by atoms with Crippen LogP contribution in [0.5, 0.6) is 0 Å². The second kappa shape index (κ2) is 6.03. The molecule has 0 atom stereocenters. The molecule has 2 aliphatic rings. The van der Waals surface area contributed by atoms with Crippen LogP contribution in [0.25, 0.3) is 0 Å². The molecular formula is C19H21N3O. The average molecular weight is 307 g/mol. The zero-order valence-corrected chi connectivity index (χ0v) is 13.2. The van der Waals surface area contributed by atoms with E-state index < -0.39 is 0 Å². The quantitative estimate of drug-likeness (QED) is 0.945. The van der Waals surface area contributed by atoms with E-state index in [9.17, 15) is 4.79 Å². The minimum absolute atomic E-state index is 0.114. The number of aromatic nitrogens is 1. The topological polar surface area (TPSA) is 45.2 Å². The van der Waals surface area contributed by atoms with Gasteiger partial charge in [0.25, 0.3) is 0 Å². The van der Waals surface area contributed by atoms with Gasteiger partial charge < -0.3 is 10.2 Å². The highest BCUT2D eigenvalue weighted by Gasteiger charge is 2.25. The summed E-state index contributed by atoms with van der Waals surface area (Å²) in [5.41, 5.74) is 3.95. The molecule has 1 saturated carbocycles. The largest absolute Gasteiger partial charge is 0.366 e. The molecule has 0 unspecified atom stereocenters. The standard InChI is InChI=1S/C19H21N3O/c23-19(15-6-3-7-15)21-18-9-8-17(12-20-18)22-11-10-14-4-1-2-5-16(14)13-22/h1-2,4-5,8-9,12,15H,3,6-7,10-11,13H2,(H,20,21,23). The molecule has 4 rings (SSSR count). The number of hydrogen-bond acceptors (Lipinski definition) is 3. The Morgan fingerprint density at radius 1 is 1.13 bits per heavy atom. The van der Waals surface area contributed by atoms with Crippen LogP contribution in [-0.2, 0) is 17.8 Å². The predicted octanol–water partition coefficient (Wildman–Crippen LogP) is 3.38. The van der Waals surface area contributed by atoms with Crippen LogP contribution in [-0.4, -0.2) is 17.4 Å². The third kappa shape index (κ3) is 2.93. The van der Waals surface area contributed by atoms with Crippen molar-refractivity contribution < 1.29 is 4.79 Å². The second-order valence-electron chi connectivity index (χ2n) is 6.46. The maximum Gasteiger partial charge on any atom is 0.228 e. The van der Waals surface area contributed by atoms with Crippen LogP contribution >= 0.6 is 0 Å². The molecule has 2 aromatic rings. The van der Waals surface area contributed by atoms with Crippen LogP contribution < -0.4 is 10.2 Å². The van der Waals surface area contributed by atoms with Crippen molar-refractivity contribution in [1.29, 1.82) is 0 Å². The van der Waals surface area contributed by atoms with Gasteiger partial charge in [0.15, 0.2) is 0 Å². The summed E-state index contributed by atoms with van der Waals surface area (Å²) in [7, 11) is 0. The Kier molecular flexibility index (Phi) is 3.74. The van der Waals surface area contributed by atoms with E-state index >= 15 is 0 Å². The van der Waals surface area contributed by atoms with Crippen molar-refractivity contribution >= 4 is 17.4 Å². The number of hydrogen-bond donors (Lipinski definition) is 1. The molecular weight excluding hydrogens is 286 g/mol. The van der Waals surface area contributed by atoms with Crippen molar-refractivity contribution in [2.24, 2.45) is 5.92 Å². The van der Waals surface area contributed by atoms with Crippen LogP contribution in [0, 0.1) is 5.92 Å². The third-order valence-electron chi connectivity index (χ3n) is 4.97. The van der Waals surface area contributed by atoms with Crippen LogP contribution in [0.3, 0.4) is 0 Å². The van der Waals surface area contributed by atoms with Gasteiger partial charge in [-0.25, -0.2) is 4.98 Å². The number of nitrogens with one attached hydrogen (secondary N) is 1. The molecule has 1 aromatic heterocycles. The lowest BCUT2D eigenvalue weighted by Crippen LogP contribution is -2.30. The maximum atomic E-state index is 12.0. The molecule has 23 heavy (non-hydrogen) atoms. The molecule has 1 aliphatic carbocycles. The number of amides is 1. The molecule has 0 radical (unpaired) electrons. The summed E-state index contributed by atoms with van der Waals surface area (Å²) < 4.78 is 0. The number of carbonyl (C=O) groups is 1. The van der Waals surface area contributed by atoms with Gasteiger partial charge in [-0.05, 0) is 42.5 Å². The number of fused-ring (bicyclic) bond motifs is 1. The zero-order valence-electron chi connectivity index (χ0n) is 13.2. The monoisotopic (exact) mass is 307 g/mol. The van der Waals surface area contributed by atoms with Crippen molar-refractivity contribution in [3.8, 4) is 0 Å². The maximum absolute atomic E-state index is 12.0. The number of pyridine rings is 1. The first-order valence-corrected chi connectivity index (χ1v) is 8.38. The van der Waals surface area contributed by atoms with E-state index in [4.69, 9.17) is 0 Å². The van der Waals surface area contributed by atoms with Crippen LogP contribution in [0.1, 0.15) is 30.4 Å². The normalized spacial score (nSPS) is 17.3. The van der Waals surface area contributed by atoms with Gasteiger partial charge >= 0.3 is 0 Å². The summed E-state index contributed by atoms with van der Waals surface area (Å²) in [5, 5.41) is 2.92. The Balaban J connectivity index is 1.43. The van der Waals surface area contributed by atoms with E-state index in [0.29, 0.717) is 5.82 Å². The number of carbonyl (C=O) groups excluding carboxylic acids is 1. The molecule has 1 amide bonds. The molecule has 1 N–H and O–H groups in total. The minimum Gasteiger partial charge on any atom is -0.366 e. The van der Waals surface area contributed by atoms with E-state index in [-0.39, 0.29) is 11.8 Å². The lowest BCUT2D eigenvalue weighted by atomic mass is 9.85. The van der Waals surface area contributed by atoms with E-state index in [1.807, 2.05) is 12.3 Å². The van der Waals surface area contributed by atoms with Gasteiger partial charge in [0.2, 0.25) is 5.91 Å². The van der Waals surface area contributed by atoms with Crippen LogP contribution in [0.4, 0.5) is 11.5 Å². The van der Waals surface area contributed by atoms with Crippen LogP contribution in [0.2, 0.25) is 0 Å². The Bertz CT molecular complexity index is 707. The fourth-order valence-electron chi connectivity index (χ4n) is 3.26. The summed E-state index contributed by atoms with van der Waals surface area (Å²) in [5.74, 6) is 0.960. The molecule has 118 valence electrons. The number of rotatable bonds is 3. The predicted molar refractivity (Wildman–Crippen MR) is 91.4 cm³/mol. The van der Waals surface area contributed by atoms with Gasteiger partial charge in [-0.3, -0.25) is 4.79 Å². The van der Waals surface area contributed by atoms with E-state index in [0.717, 1.165) is 38.0 Å². The first kappa shape index (κ1) is 14.2. The highest BCUT2D eigenvalue weighted by Crippen LogP contribution is 2.28. The summed E-state index contributed by atoms with van der Waals surface area (Å²) >= 11 is 0. The first-order valence-electron chi connectivity index (χ1n) is 8.38. The SMILES string of the molecule is O=C(Nc1ccc(N2CCc3ccccc3C2)cn1)C1CCC1. The van der Waals surface area contributed by atoms with Gasteiger partial charge in [-0.1, -0.05) is 30.7 Å². The number of nitrogens with zero attached hydrogens (tertiary/aromatic N) is 2. The Labute approximate surface area is 136 Å². The fourth-order valence-corrected chi connectivity index (χ4v) is 3.26. The molecule has 4 nitrogen and oxygen atoms in total. The first-order chi connectivity index (χ1) is 11.3. The van der Waals surface area contributed by atoms with Gasteiger partial charge in [0.1, 0.15) is 5.82 Å². The summed E-state index contributed by atoms with van der Waals surface area (Å²) in [6.07, 6.45) is 6.12. The molecule has 0 saturated heterocycles. The third-order valence-corrected chi connectivity index (χ3v) is 4.97. The van der Waals surface area contributed by atoms with E-state index in [2.05, 4.69) is 45.5 Å². The lowest BCUT2D eigenvalue weighted by molar-refractivity contribution is -0.122. The molecule has 1 fully saturated rings. The average Bonchev–Trinajstić information content (AvgIpc) is 2.53. The highest BCUT2D eigenvalue weighted by atomic mass is 16.2. The Hall–Kier alpha value is -2.36. The number of benzene rings is 1. The van der Waals surface area contributed by atoms with Gasteiger partial charge in [0.05, 0.1) is 11.9 Å². The molecule has 1 aliphatic heterocycles. The Morgan fingerprint density at radius 2 is 1.96 bits per heavy atom. The lowest BCUT2D eigenvalue weighted by Gasteiger charge is -2.30. The van der Waals surface area contributed by atoms with Crippen molar-refractivity contribution in [2.45, 2.75) is 32.2 Å². The molecule has 0 bridgehead atoms.